The Kier molecular flexibility index (Phi) is 2.58. The lowest BCUT2D eigenvalue weighted by atomic mass is 9.88. The summed E-state index contributed by atoms with van der Waals surface area (Å²) >= 11 is 3.53. The minimum Gasteiger partial charge on any atom is -0.381 e. The number of nitrogens with zero attached hydrogens (tertiary/aromatic N) is 1. The molecule has 2 nitrogen and oxygen atoms in total. The molecule has 0 amide bonds. The summed E-state index contributed by atoms with van der Waals surface area (Å²) in [5, 5.41) is 3.56. The van der Waals surface area contributed by atoms with E-state index in [9.17, 15) is 0 Å². The van der Waals surface area contributed by atoms with Crippen LogP contribution in [0.15, 0.2) is 22.7 Å². The average Bonchev–Trinajstić information content (AvgIpc) is 2.28. The molecule has 0 radical (unpaired) electrons. The molecule has 3 rings (SSSR count). The maximum absolute atomic E-state index is 3.56. The van der Waals surface area contributed by atoms with Crippen molar-refractivity contribution < 1.29 is 0 Å². The highest BCUT2D eigenvalue weighted by Crippen LogP contribution is 2.38. The number of hydrogen-bond donors (Lipinski definition) is 1. The highest BCUT2D eigenvalue weighted by molar-refractivity contribution is 9.10. The van der Waals surface area contributed by atoms with Crippen molar-refractivity contribution in [1.82, 2.24) is 0 Å². The van der Waals surface area contributed by atoms with Gasteiger partial charge in [0.15, 0.2) is 0 Å². The van der Waals surface area contributed by atoms with Crippen LogP contribution in [-0.2, 0) is 0 Å². The molecule has 0 saturated carbocycles. The van der Waals surface area contributed by atoms with E-state index >= 15 is 0 Å². The van der Waals surface area contributed by atoms with Crippen molar-refractivity contribution in [3.05, 3.63) is 22.7 Å². The van der Waals surface area contributed by atoms with Crippen LogP contribution in [0.1, 0.15) is 19.8 Å². The van der Waals surface area contributed by atoms with Crippen molar-refractivity contribution in [1.29, 1.82) is 0 Å². The van der Waals surface area contributed by atoms with Crippen LogP contribution >= 0.6 is 15.9 Å². The van der Waals surface area contributed by atoms with E-state index in [1.807, 2.05) is 0 Å². The maximum Gasteiger partial charge on any atom is 0.0606 e. The fourth-order valence-corrected chi connectivity index (χ4v) is 3.34. The predicted octanol–water partition coefficient (Wildman–Crippen LogP) is 3.48. The third-order valence-electron chi connectivity index (χ3n) is 3.89. The van der Waals surface area contributed by atoms with Gasteiger partial charge in [0.1, 0.15) is 0 Å². The zero-order valence-electron chi connectivity index (χ0n) is 9.54. The Bertz CT molecular complexity index is 405. The molecule has 2 aliphatic heterocycles. The molecule has 3 heteroatoms. The lowest BCUT2D eigenvalue weighted by molar-refractivity contribution is 0.351. The van der Waals surface area contributed by atoms with Gasteiger partial charge in [-0.3, -0.25) is 0 Å². The Balaban J connectivity index is 1.99. The third kappa shape index (κ3) is 1.61. The summed E-state index contributed by atoms with van der Waals surface area (Å²) in [6.45, 7) is 4.68. The number of halogens is 1. The van der Waals surface area contributed by atoms with Crippen LogP contribution < -0.4 is 10.2 Å². The van der Waals surface area contributed by atoms with Gasteiger partial charge >= 0.3 is 0 Å². The van der Waals surface area contributed by atoms with Crippen molar-refractivity contribution in [2.75, 3.05) is 23.3 Å². The van der Waals surface area contributed by atoms with Crippen LogP contribution in [0.25, 0.3) is 0 Å². The summed E-state index contributed by atoms with van der Waals surface area (Å²) in [6, 6.07) is 7.24. The fraction of sp³-hybridized carbons (Fsp3) is 0.538. The molecule has 0 aromatic heterocycles. The minimum absolute atomic E-state index is 0.683. The van der Waals surface area contributed by atoms with Crippen molar-refractivity contribution in [3.63, 3.8) is 0 Å². The summed E-state index contributed by atoms with van der Waals surface area (Å²) in [6.07, 6.45) is 2.70. The largest absolute Gasteiger partial charge is 0.381 e. The summed E-state index contributed by atoms with van der Waals surface area (Å²) in [7, 11) is 0. The number of fused-ring (bicyclic) bond motifs is 3. The molecule has 1 aromatic carbocycles. The van der Waals surface area contributed by atoms with Gasteiger partial charge in [-0.1, -0.05) is 22.9 Å². The van der Waals surface area contributed by atoms with Gasteiger partial charge in [0.25, 0.3) is 0 Å². The number of piperidine rings is 1. The molecule has 0 aliphatic carbocycles. The highest BCUT2D eigenvalue weighted by Gasteiger charge is 2.32. The molecule has 86 valence electrons. The Hall–Kier alpha value is -0.700. The molecule has 2 aliphatic rings. The monoisotopic (exact) mass is 280 g/mol. The van der Waals surface area contributed by atoms with Gasteiger partial charge in [-0.2, -0.15) is 0 Å². The lowest BCUT2D eigenvalue weighted by Gasteiger charge is -2.45. The van der Waals surface area contributed by atoms with E-state index in [0.29, 0.717) is 6.04 Å². The topological polar surface area (TPSA) is 15.3 Å². The molecule has 0 bridgehead atoms. The normalized spacial score (nSPS) is 28.0. The van der Waals surface area contributed by atoms with E-state index < -0.39 is 0 Å². The predicted molar refractivity (Wildman–Crippen MR) is 72.2 cm³/mol. The van der Waals surface area contributed by atoms with E-state index in [1.54, 1.807) is 0 Å². The van der Waals surface area contributed by atoms with Crippen LogP contribution in [0.2, 0.25) is 0 Å². The summed E-state index contributed by atoms with van der Waals surface area (Å²) in [5.41, 5.74) is 2.66. The van der Waals surface area contributed by atoms with Crippen LogP contribution in [0, 0.1) is 5.92 Å². The Morgan fingerprint density at radius 3 is 3.19 bits per heavy atom. The fourth-order valence-electron chi connectivity index (χ4n) is 2.97. The second-order valence-electron chi connectivity index (χ2n) is 4.92. The summed E-state index contributed by atoms with van der Waals surface area (Å²) in [4.78, 5) is 2.59. The molecule has 1 aromatic rings. The van der Waals surface area contributed by atoms with Gasteiger partial charge in [-0.05, 0) is 37.0 Å². The van der Waals surface area contributed by atoms with Crippen LogP contribution in [0.4, 0.5) is 11.4 Å². The van der Waals surface area contributed by atoms with Crippen molar-refractivity contribution in [2.45, 2.75) is 25.8 Å². The van der Waals surface area contributed by atoms with E-state index in [2.05, 4.69) is 51.3 Å². The van der Waals surface area contributed by atoms with Crippen molar-refractivity contribution in [3.8, 4) is 0 Å². The molecular weight excluding hydrogens is 264 g/mol. The van der Waals surface area contributed by atoms with Gasteiger partial charge in [0.2, 0.25) is 0 Å². The summed E-state index contributed by atoms with van der Waals surface area (Å²) in [5.74, 6) is 0.804. The molecule has 1 saturated heterocycles. The van der Waals surface area contributed by atoms with Crippen LogP contribution in [-0.4, -0.2) is 19.1 Å². The Morgan fingerprint density at radius 2 is 2.31 bits per heavy atom. The first-order valence-electron chi connectivity index (χ1n) is 6.06. The van der Waals surface area contributed by atoms with Gasteiger partial charge in [0.05, 0.1) is 11.4 Å². The van der Waals surface area contributed by atoms with Crippen molar-refractivity contribution in [2.24, 2.45) is 5.92 Å². The molecule has 2 heterocycles. The standard InChI is InChI=1S/C13H17BrN2/c1-9-3-2-6-16-12-5-4-10(14)7-11(12)15-8-13(9)16/h4-5,7,9,13,15H,2-3,6,8H2,1H3. The molecule has 16 heavy (non-hydrogen) atoms. The molecule has 0 spiro atoms. The lowest BCUT2D eigenvalue weighted by Crippen LogP contribution is -2.51. The quantitative estimate of drug-likeness (QED) is 0.783. The SMILES string of the molecule is CC1CCCN2c3ccc(Br)cc3NCC12. The molecule has 1 fully saturated rings. The Morgan fingerprint density at radius 1 is 1.44 bits per heavy atom. The van der Waals surface area contributed by atoms with Gasteiger partial charge < -0.3 is 10.2 Å². The van der Waals surface area contributed by atoms with E-state index in [4.69, 9.17) is 0 Å². The molecule has 2 unspecified atom stereocenters. The third-order valence-corrected chi connectivity index (χ3v) is 4.38. The van der Waals surface area contributed by atoms with Crippen LogP contribution in [0.3, 0.4) is 0 Å². The zero-order chi connectivity index (χ0) is 11.1. The first-order chi connectivity index (χ1) is 7.75. The number of hydrogen-bond acceptors (Lipinski definition) is 2. The number of rotatable bonds is 0. The highest BCUT2D eigenvalue weighted by atomic mass is 79.9. The second-order valence-corrected chi connectivity index (χ2v) is 5.84. The number of anilines is 2. The molecule has 1 N–H and O–H groups in total. The number of benzene rings is 1. The van der Waals surface area contributed by atoms with E-state index in [-0.39, 0.29) is 0 Å². The van der Waals surface area contributed by atoms with Crippen molar-refractivity contribution >= 4 is 27.3 Å². The maximum atomic E-state index is 3.56. The zero-order valence-corrected chi connectivity index (χ0v) is 11.1. The van der Waals surface area contributed by atoms with E-state index in [0.717, 1.165) is 16.9 Å². The van der Waals surface area contributed by atoms with Gasteiger partial charge in [0, 0.05) is 23.6 Å². The first-order valence-corrected chi connectivity index (χ1v) is 6.85. The van der Waals surface area contributed by atoms with E-state index in [1.165, 1.54) is 30.8 Å². The Labute approximate surface area is 105 Å². The average molecular weight is 281 g/mol. The van der Waals surface area contributed by atoms with Gasteiger partial charge in [-0.15, -0.1) is 0 Å². The summed E-state index contributed by atoms with van der Waals surface area (Å²) < 4.78 is 1.15. The van der Waals surface area contributed by atoms with Gasteiger partial charge in [-0.25, -0.2) is 0 Å². The van der Waals surface area contributed by atoms with Crippen LogP contribution in [0.5, 0.6) is 0 Å². The minimum atomic E-state index is 0.683. The molecule has 2 atom stereocenters. The second kappa shape index (κ2) is 3.95. The molecular formula is C13H17BrN2. The first kappa shape index (κ1) is 10.5. The number of nitrogens with one attached hydrogen (secondary N) is 1. The smallest absolute Gasteiger partial charge is 0.0606 e.